The molecule has 21 heavy (non-hydrogen) atoms. The topological polar surface area (TPSA) is 125 Å². The molecular formula is C11H21N3O6S. The average Bonchev–Trinajstić information content (AvgIpc) is 2.72. The molecule has 10 heteroatoms. The molecule has 1 aliphatic heterocycles. The van der Waals surface area contributed by atoms with Crippen LogP contribution in [-0.2, 0) is 19.6 Å². The van der Waals surface area contributed by atoms with Gasteiger partial charge in [-0.25, -0.2) is 17.5 Å². The highest BCUT2D eigenvalue weighted by atomic mass is 32.2. The molecule has 1 rings (SSSR count). The molecule has 9 nitrogen and oxygen atoms in total. The largest absolute Gasteiger partial charge is 0.481 e. The van der Waals surface area contributed by atoms with Crippen LogP contribution in [0.3, 0.4) is 0 Å². The maximum Gasteiger partial charge on any atom is 0.315 e. The first-order valence-electron chi connectivity index (χ1n) is 6.35. The number of hydrogen-bond acceptors (Lipinski definition) is 5. The molecule has 0 aromatic carbocycles. The molecular weight excluding hydrogens is 302 g/mol. The molecule has 1 fully saturated rings. The van der Waals surface area contributed by atoms with Crippen LogP contribution in [0.5, 0.6) is 0 Å². The van der Waals surface area contributed by atoms with Gasteiger partial charge in [-0.05, 0) is 6.92 Å². The van der Waals surface area contributed by atoms with Crippen molar-refractivity contribution in [2.75, 3.05) is 39.6 Å². The number of ether oxygens (including phenoxy) is 1. The molecule has 122 valence electrons. The third kappa shape index (κ3) is 4.29. The molecule has 1 heterocycles. The fourth-order valence-corrected chi connectivity index (χ4v) is 2.50. The minimum absolute atomic E-state index is 0.0162. The van der Waals surface area contributed by atoms with Gasteiger partial charge < -0.3 is 20.5 Å². The molecule has 0 spiro atoms. The van der Waals surface area contributed by atoms with E-state index >= 15 is 0 Å². The average molecular weight is 323 g/mol. The van der Waals surface area contributed by atoms with E-state index in [1.54, 1.807) is 0 Å². The first kappa shape index (κ1) is 17.7. The number of urea groups is 1. The van der Waals surface area contributed by atoms with Crippen LogP contribution in [0.15, 0.2) is 0 Å². The number of nitrogens with zero attached hydrogens (tertiary/aromatic N) is 1. The van der Waals surface area contributed by atoms with Crippen molar-refractivity contribution in [3.63, 3.8) is 0 Å². The number of carboxylic acids is 1. The Morgan fingerprint density at radius 3 is 2.57 bits per heavy atom. The van der Waals surface area contributed by atoms with Crippen molar-refractivity contribution in [3.8, 4) is 0 Å². The van der Waals surface area contributed by atoms with Gasteiger partial charge in [-0.15, -0.1) is 0 Å². The van der Waals surface area contributed by atoms with Gasteiger partial charge in [0.2, 0.25) is 10.0 Å². The second-order valence-electron chi connectivity index (χ2n) is 5.29. The van der Waals surface area contributed by atoms with Gasteiger partial charge in [0, 0.05) is 20.6 Å². The molecule has 2 unspecified atom stereocenters. The minimum atomic E-state index is -3.39. The first-order chi connectivity index (χ1) is 9.59. The lowest BCUT2D eigenvalue weighted by Crippen LogP contribution is -2.53. The summed E-state index contributed by atoms with van der Waals surface area (Å²) >= 11 is 0. The van der Waals surface area contributed by atoms with Gasteiger partial charge in [0.1, 0.15) is 5.41 Å². The number of sulfonamides is 1. The Kier molecular flexibility index (Phi) is 5.54. The van der Waals surface area contributed by atoms with Gasteiger partial charge >= 0.3 is 12.0 Å². The molecule has 2 atom stereocenters. The summed E-state index contributed by atoms with van der Waals surface area (Å²) in [6.07, 6.45) is 0. The van der Waals surface area contributed by atoms with Gasteiger partial charge in [-0.3, -0.25) is 4.79 Å². The van der Waals surface area contributed by atoms with Crippen molar-refractivity contribution >= 4 is 22.0 Å². The summed E-state index contributed by atoms with van der Waals surface area (Å²) in [6.45, 7) is 1.54. The normalized spacial score (nSPS) is 25.8. The predicted molar refractivity (Wildman–Crippen MR) is 74.4 cm³/mol. The Morgan fingerprint density at radius 1 is 1.43 bits per heavy atom. The van der Waals surface area contributed by atoms with Crippen LogP contribution in [0, 0.1) is 5.41 Å². The molecule has 0 aromatic heterocycles. The van der Waals surface area contributed by atoms with Gasteiger partial charge in [-0.1, -0.05) is 0 Å². The monoisotopic (exact) mass is 323 g/mol. The molecule has 0 aromatic rings. The smallest absolute Gasteiger partial charge is 0.315 e. The van der Waals surface area contributed by atoms with Crippen LogP contribution in [-0.4, -0.2) is 75.5 Å². The summed E-state index contributed by atoms with van der Waals surface area (Å²) in [4.78, 5) is 22.9. The summed E-state index contributed by atoms with van der Waals surface area (Å²) in [7, 11) is -0.573. The van der Waals surface area contributed by atoms with E-state index < -0.39 is 33.5 Å². The highest BCUT2D eigenvalue weighted by molar-refractivity contribution is 7.89. The van der Waals surface area contributed by atoms with Crippen molar-refractivity contribution in [2.45, 2.75) is 13.0 Å². The lowest BCUT2D eigenvalue weighted by Gasteiger charge is -2.25. The molecule has 0 saturated carbocycles. The number of nitrogens with one attached hydrogen (secondary N) is 2. The Bertz CT molecular complexity index is 506. The molecule has 3 N–H and O–H groups in total. The van der Waals surface area contributed by atoms with E-state index in [-0.39, 0.29) is 25.5 Å². The van der Waals surface area contributed by atoms with Crippen LogP contribution in [0.1, 0.15) is 6.92 Å². The van der Waals surface area contributed by atoms with Crippen molar-refractivity contribution in [2.24, 2.45) is 5.41 Å². The second-order valence-corrected chi connectivity index (χ2v) is 7.59. The van der Waals surface area contributed by atoms with E-state index in [1.165, 1.54) is 21.0 Å². The van der Waals surface area contributed by atoms with E-state index in [2.05, 4.69) is 10.6 Å². The summed E-state index contributed by atoms with van der Waals surface area (Å²) in [5.74, 6) is -1.29. The fraction of sp³-hybridized carbons (Fsp3) is 0.818. The predicted octanol–water partition coefficient (Wildman–Crippen LogP) is -1.33. The van der Waals surface area contributed by atoms with Gasteiger partial charge in [0.15, 0.2) is 0 Å². The maximum absolute atomic E-state index is 11.7. The molecule has 1 saturated heterocycles. The van der Waals surface area contributed by atoms with Crippen molar-refractivity contribution in [3.05, 3.63) is 0 Å². The fourth-order valence-electron chi connectivity index (χ4n) is 1.77. The van der Waals surface area contributed by atoms with Gasteiger partial charge in [-0.2, -0.15) is 0 Å². The van der Waals surface area contributed by atoms with Crippen LogP contribution in [0.2, 0.25) is 0 Å². The van der Waals surface area contributed by atoms with Gasteiger partial charge in [0.05, 0.1) is 25.0 Å². The number of amides is 2. The molecule has 2 amide bonds. The third-order valence-electron chi connectivity index (χ3n) is 3.45. The van der Waals surface area contributed by atoms with E-state index in [0.29, 0.717) is 0 Å². The number of aliphatic carboxylic acids is 1. The second kappa shape index (κ2) is 6.58. The number of hydrogen-bond donors (Lipinski definition) is 3. The number of carbonyl (C=O) groups excluding carboxylic acids is 1. The molecule has 0 radical (unpaired) electrons. The van der Waals surface area contributed by atoms with Crippen LogP contribution >= 0.6 is 0 Å². The summed E-state index contributed by atoms with van der Waals surface area (Å²) < 4.78 is 29.2. The molecule has 0 bridgehead atoms. The van der Waals surface area contributed by atoms with Crippen molar-refractivity contribution < 1.29 is 27.9 Å². The van der Waals surface area contributed by atoms with Crippen molar-refractivity contribution in [1.82, 2.24) is 14.9 Å². The standard InChI is InChI=1S/C11H21N3O6S/c1-11(9(15)16)7-20-6-8(11)13-10(17)12-4-5-21(18,19)14(2)3/h8H,4-7H2,1-3H3,(H,15,16)(H2,12,13,17). The lowest BCUT2D eigenvalue weighted by molar-refractivity contribution is -0.148. The van der Waals surface area contributed by atoms with E-state index in [4.69, 9.17) is 9.84 Å². The zero-order valence-corrected chi connectivity index (χ0v) is 13.1. The number of carbonyl (C=O) groups is 2. The SMILES string of the molecule is CN(C)S(=O)(=O)CCNC(=O)NC1COCC1(C)C(=O)O. The van der Waals surface area contributed by atoms with Crippen LogP contribution in [0.25, 0.3) is 0 Å². The zero-order valence-electron chi connectivity index (χ0n) is 12.2. The maximum atomic E-state index is 11.7. The summed E-state index contributed by atoms with van der Waals surface area (Å²) in [5, 5.41) is 14.1. The van der Waals surface area contributed by atoms with Crippen molar-refractivity contribution in [1.29, 1.82) is 0 Å². The Morgan fingerprint density at radius 2 is 2.05 bits per heavy atom. The highest BCUT2D eigenvalue weighted by Crippen LogP contribution is 2.28. The minimum Gasteiger partial charge on any atom is -0.481 e. The lowest BCUT2D eigenvalue weighted by atomic mass is 9.85. The van der Waals surface area contributed by atoms with E-state index in [0.717, 1.165) is 4.31 Å². The zero-order chi connectivity index (χ0) is 16.3. The van der Waals surface area contributed by atoms with Crippen LogP contribution < -0.4 is 10.6 Å². The van der Waals surface area contributed by atoms with E-state index in [9.17, 15) is 18.0 Å². The quantitative estimate of drug-likeness (QED) is 0.556. The number of carboxylic acid groups (broad SMARTS) is 1. The molecule has 1 aliphatic rings. The Hall–Kier alpha value is -1.39. The Labute approximate surface area is 123 Å². The third-order valence-corrected chi connectivity index (χ3v) is 5.28. The van der Waals surface area contributed by atoms with Crippen LogP contribution in [0.4, 0.5) is 4.79 Å². The number of rotatable bonds is 6. The summed E-state index contributed by atoms with van der Waals surface area (Å²) in [6, 6.07) is -1.28. The summed E-state index contributed by atoms with van der Waals surface area (Å²) in [5.41, 5.74) is -1.19. The first-order valence-corrected chi connectivity index (χ1v) is 7.96. The van der Waals surface area contributed by atoms with E-state index in [1.807, 2.05) is 0 Å². The Balaban J connectivity index is 2.46. The highest BCUT2D eigenvalue weighted by Gasteiger charge is 2.47. The molecule has 0 aliphatic carbocycles. The van der Waals surface area contributed by atoms with Gasteiger partial charge in [0.25, 0.3) is 0 Å².